The van der Waals surface area contributed by atoms with Crippen molar-refractivity contribution in [1.29, 1.82) is 0 Å². The van der Waals surface area contributed by atoms with Crippen molar-refractivity contribution in [2.75, 3.05) is 0 Å². The van der Waals surface area contributed by atoms with Crippen LogP contribution in [-0.2, 0) is 13.6 Å². The van der Waals surface area contributed by atoms with Gasteiger partial charge in [-0.05, 0) is 31.1 Å². The molecule has 1 aliphatic carbocycles. The summed E-state index contributed by atoms with van der Waals surface area (Å²) >= 11 is 0. The maximum absolute atomic E-state index is 4.10. The molecule has 2 rings (SSSR count). The Labute approximate surface area is 104 Å². The van der Waals surface area contributed by atoms with Crippen LogP contribution in [0.15, 0.2) is 6.33 Å². The third-order valence-electron chi connectivity index (χ3n) is 3.93. The molecule has 1 saturated carbocycles. The smallest absolute Gasteiger partial charge is 0.146 e. The van der Waals surface area contributed by atoms with Crippen LogP contribution in [0.1, 0.15) is 51.8 Å². The molecule has 1 aliphatic rings. The molecule has 0 spiro atoms. The zero-order valence-electron chi connectivity index (χ0n) is 11.2. The van der Waals surface area contributed by atoms with Gasteiger partial charge in [-0.25, -0.2) is 0 Å². The topological polar surface area (TPSA) is 42.7 Å². The molecule has 1 aromatic heterocycles. The molecule has 0 amide bonds. The molecule has 1 N–H and O–H groups in total. The predicted molar refractivity (Wildman–Crippen MR) is 68.5 cm³/mol. The first-order valence-corrected chi connectivity index (χ1v) is 6.63. The first-order chi connectivity index (χ1) is 8.07. The summed E-state index contributed by atoms with van der Waals surface area (Å²) in [6.45, 7) is 5.61. The monoisotopic (exact) mass is 236 g/mol. The van der Waals surface area contributed by atoms with Crippen LogP contribution in [0.2, 0.25) is 0 Å². The standard InChI is InChI=1S/C13H24N4/c1-13(2)7-4-5-11(6-8-13)14-9-12-16-15-10-17(12)3/h10-11,14H,4-9H2,1-3H3. The van der Waals surface area contributed by atoms with E-state index < -0.39 is 0 Å². The molecule has 1 aromatic rings. The summed E-state index contributed by atoms with van der Waals surface area (Å²) in [4.78, 5) is 0. The van der Waals surface area contributed by atoms with Crippen LogP contribution in [0, 0.1) is 5.41 Å². The fraction of sp³-hybridized carbons (Fsp3) is 0.846. The maximum atomic E-state index is 4.10. The van der Waals surface area contributed by atoms with Crippen molar-refractivity contribution in [3.8, 4) is 0 Å². The van der Waals surface area contributed by atoms with Crippen molar-refractivity contribution >= 4 is 0 Å². The molecule has 0 saturated heterocycles. The van der Waals surface area contributed by atoms with Gasteiger partial charge in [0.15, 0.2) is 0 Å². The summed E-state index contributed by atoms with van der Waals surface area (Å²) in [5.41, 5.74) is 0.529. The van der Waals surface area contributed by atoms with Crippen molar-refractivity contribution in [2.45, 2.75) is 58.5 Å². The van der Waals surface area contributed by atoms with Gasteiger partial charge in [0.05, 0.1) is 6.54 Å². The first-order valence-electron chi connectivity index (χ1n) is 6.63. The van der Waals surface area contributed by atoms with Gasteiger partial charge in [0.25, 0.3) is 0 Å². The molecule has 1 fully saturated rings. The predicted octanol–water partition coefficient (Wildman–Crippen LogP) is 2.26. The van der Waals surface area contributed by atoms with Crippen molar-refractivity contribution in [3.05, 3.63) is 12.2 Å². The number of nitrogens with one attached hydrogen (secondary N) is 1. The Balaban J connectivity index is 1.82. The molecule has 0 aromatic carbocycles. The van der Waals surface area contributed by atoms with E-state index in [0.29, 0.717) is 11.5 Å². The molecule has 4 heteroatoms. The molecule has 96 valence electrons. The van der Waals surface area contributed by atoms with E-state index in [2.05, 4.69) is 29.4 Å². The molecule has 0 radical (unpaired) electrons. The highest BCUT2D eigenvalue weighted by atomic mass is 15.3. The molecule has 17 heavy (non-hydrogen) atoms. The van der Waals surface area contributed by atoms with Gasteiger partial charge >= 0.3 is 0 Å². The van der Waals surface area contributed by atoms with Crippen LogP contribution in [0.5, 0.6) is 0 Å². The van der Waals surface area contributed by atoms with Gasteiger partial charge in [0.2, 0.25) is 0 Å². The number of rotatable bonds is 3. The lowest BCUT2D eigenvalue weighted by Crippen LogP contribution is -2.29. The highest BCUT2D eigenvalue weighted by Crippen LogP contribution is 2.33. The van der Waals surface area contributed by atoms with Gasteiger partial charge in [0.1, 0.15) is 12.2 Å². The lowest BCUT2D eigenvalue weighted by Gasteiger charge is -2.22. The van der Waals surface area contributed by atoms with Crippen LogP contribution >= 0.6 is 0 Å². The van der Waals surface area contributed by atoms with Crippen LogP contribution in [0.3, 0.4) is 0 Å². The minimum atomic E-state index is 0.529. The average molecular weight is 236 g/mol. The van der Waals surface area contributed by atoms with E-state index in [1.54, 1.807) is 6.33 Å². The summed E-state index contributed by atoms with van der Waals surface area (Å²) in [5, 5.41) is 11.6. The molecule has 0 bridgehead atoms. The number of hydrogen-bond donors (Lipinski definition) is 1. The molecular weight excluding hydrogens is 212 g/mol. The lowest BCUT2D eigenvalue weighted by molar-refractivity contribution is 0.309. The van der Waals surface area contributed by atoms with Crippen LogP contribution in [0.25, 0.3) is 0 Å². The summed E-state index contributed by atoms with van der Waals surface area (Å²) in [5.74, 6) is 1.02. The third-order valence-corrected chi connectivity index (χ3v) is 3.93. The van der Waals surface area contributed by atoms with E-state index >= 15 is 0 Å². The number of nitrogens with zero attached hydrogens (tertiary/aromatic N) is 3. The fourth-order valence-corrected chi connectivity index (χ4v) is 2.57. The zero-order valence-corrected chi connectivity index (χ0v) is 11.2. The van der Waals surface area contributed by atoms with Gasteiger partial charge in [-0.15, -0.1) is 10.2 Å². The van der Waals surface area contributed by atoms with Crippen molar-refractivity contribution < 1.29 is 0 Å². The van der Waals surface area contributed by atoms with Crippen molar-refractivity contribution in [3.63, 3.8) is 0 Å². The Morgan fingerprint density at radius 1 is 1.41 bits per heavy atom. The number of aromatic nitrogens is 3. The largest absolute Gasteiger partial charge is 0.320 e. The van der Waals surface area contributed by atoms with Crippen LogP contribution in [-0.4, -0.2) is 20.8 Å². The Morgan fingerprint density at radius 3 is 2.94 bits per heavy atom. The van der Waals surface area contributed by atoms with E-state index in [0.717, 1.165) is 12.4 Å². The summed E-state index contributed by atoms with van der Waals surface area (Å²) < 4.78 is 1.98. The highest BCUT2D eigenvalue weighted by molar-refractivity contribution is 4.86. The summed E-state index contributed by atoms with van der Waals surface area (Å²) in [7, 11) is 1.99. The molecule has 1 heterocycles. The van der Waals surface area contributed by atoms with E-state index in [-0.39, 0.29) is 0 Å². The second kappa shape index (κ2) is 5.17. The number of aryl methyl sites for hydroxylation is 1. The maximum Gasteiger partial charge on any atom is 0.146 e. The Morgan fingerprint density at radius 2 is 2.24 bits per heavy atom. The fourth-order valence-electron chi connectivity index (χ4n) is 2.57. The number of hydrogen-bond acceptors (Lipinski definition) is 3. The molecular formula is C13H24N4. The van der Waals surface area contributed by atoms with E-state index in [1.807, 2.05) is 11.6 Å². The van der Waals surface area contributed by atoms with E-state index in [4.69, 9.17) is 0 Å². The first kappa shape index (κ1) is 12.6. The lowest BCUT2D eigenvalue weighted by atomic mass is 9.85. The van der Waals surface area contributed by atoms with E-state index in [1.165, 1.54) is 32.1 Å². The summed E-state index contributed by atoms with van der Waals surface area (Å²) in [6.07, 6.45) is 8.35. The Hall–Kier alpha value is -0.900. The third kappa shape index (κ3) is 3.53. The Kier molecular flexibility index (Phi) is 3.82. The van der Waals surface area contributed by atoms with Crippen LogP contribution in [0.4, 0.5) is 0 Å². The van der Waals surface area contributed by atoms with Crippen molar-refractivity contribution in [2.24, 2.45) is 12.5 Å². The molecule has 0 aliphatic heterocycles. The van der Waals surface area contributed by atoms with Gasteiger partial charge in [-0.1, -0.05) is 20.3 Å². The molecule has 1 unspecified atom stereocenters. The van der Waals surface area contributed by atoms with Gasteiger partial charge in [-0.2, -0.15) is 0 Å². The molecule has 1 atom stereocenters. The SMILES string of the molecule is Cn1cnnc1CNC1CCCC(C)(C)CC1. The quantitative estimate of drug-likeness (QED) is 0.819. The van der Waals surface area contributed by atoms with Crippen LogP contribution < -0.4 is 5.32 Å². The average Bonchev–Trinajstić information content (AvgIpc) is 2.58. The Bertz CT molecular complexity index is 356. The second-order valence-corrected chi connectivity index (χ2v) is 6.03. The summed E-state index contributed by atoms with van der Waals surface area (Å²) in [6, 6.07) is 0.647. The van der Waals surface area contributed by atoms with Crippen molar-refractivity contribution in [1.82, 2.24) is 20.1 Å². The zero-order chi connectivity index (χ0) is 12.3. The second-order valence-electron chi connectivity index (χ2n) is 6.03. The molecule has 4 nitrogen and oxygen atoms in total. The highest BCUT2D eigenvalue weighted by Gasteiger charge is 2.24. The van der Waals surface area contributed by atoms with Gasteiger partial charge < -0.3 is 9.88 Å². The van der Waals surface area contributed by atoms with E-state index in [9.17, 15) is 0 Å². The normalized spacial score (nSPS) is 24.5. The van der Waals surface area contributed by atoms with Gasteiger partial charge in [0, 0.05) is 13.1 Å². The minimum Gasteiger partial charge on any atom is -0.320 e. The minimum absolute atomic E-state index is 0.529. The van der Waals surface area contributed by atoms with Gasteiger partial charge in [-0.3, -0.25) is 0 Å².